The Labute approximate surface area is 76.9 Å². The Balaban J connectivity index is 2.71. The predicted octanol–water partition coefficient (Wildman–Crippen LogP) is 2.95. The van der Waals surface area contributed by atoms with E-state index < -0.39 is 0 Å². The van der Waals surface area contributed by atoms with Gasteiger partial charge in [0.1, 0.15) is 0 Å². The van der Waals surface area contributed by atoms with E-state index in [1.165, 1.54) is 0 Å². The van der Waals surface area contributed by atoms with Gasteiger partial charge in [0.05, 0.1) is 0 Å². The molecular weight excluding hydrogens is 145 g/mol. The molecule has 0 saturated heterocycles. The third kappa shape index (κ3) is 1.68. The molecule has 0 amide bonds. The molecule has 12 heavy (non-hydrogen) atoms. The van der Waals surface area contributed by atoms with Crippen molar-refractivity contribution in [1.29, 1.82) is 0 Å². The van der Waals surface area contributed by atoms with Crippen LogP contribution in [-0.4, -0.2) is 17.2 Å². The Bertz CT molecular complexity index is 173. The van der Waals surface area contributed by atoms with Crippen LogP contribution in [-0.2, 0) is 0 Å². The van der Waals surface area contributed by atoms with Crippen molar-refractivity contribution in [1.82, 2.24) is 4.81 Å². The normalized spacial score (nSPS) is 18.2. The van der Waals surface area contributed by atoms with Crippen molar-refractivity contribution >= 4 is 6.85 Å². The number of hydrogen-bond acceptors (Lipinski definition) is 1. The Hall–Kier alpha value is -0.395. The molecule has 1 aliphatic rings. The molecule has 0 aliphatic carbocycles. The van der Waals surface area contributed by atoms with E-state index >= 15 is 0 Å². The molecule has 0 radical (unpaired) electrons. The summed E-state index contributed by atoms with van der Waals surface area (Å²) in [6, 6.07) is 0. The lowest BCUT2D eigenvalue weighted by Crippen LogP contribution is -2.55. The molecule has 68 valence electrons. The summed E-state index contributed by atoms with van der Waals surface area (Å²) in [4.78, 5) is 2.44. The second-order valence-electron chi connectivity index (χ2n) is 5.73. The molecule has 1 nitrogen and oxygen atoms in total. The average Bonchev–Trinajstić information content (AvgIpc) is 1.46. The maximum Gasteiger partial charge on any atom is 0.288 e. The Morgan fingerprint density at radius 1 is 1.00 bits per heavy atom. The van der Waals surface area contributed by atoms with Crippen LogP contribution >= 0.6 is 0 Å². The van der Waals surface area contributed by atoms with Crippen molar-refractivity contribution in [2.75, 3.05) is 0 Å². The summed E-state index contributed by atoms with van der Waals surface area (Å²) in [7, 11) is 0. The van der Waals surface area contributed by atoms with Crippen molar-refractivity contribution in [2.45, 2.75) is 52.4 Å². The highest BCUT2D eigenvalue weighted by molar-refractivity contribution is 6.67. The maximum absolute atomic E-state index is 2.44. The van der Waals surface area contributed by atoms with E-state index in [9.17, 15) is 0 Å². The van der Waals surface area contributed by atoms with Gasteiger partial charge in [-0.25, -0.2) is 0 Å². The largest absolute Gasteiger partial charge is 0.413 e. The van der Waals surface area contributed by atoms with Gasteiger partial charge in [0.25, 0.3) is 6.85 Å². The minimum Gasteiger partial charge on any atom is -0.413 e. The first-order chi connectivity index (χ1) is 5.23. The Kier molecular flexibility index (Phi) is 2.06. The summed E-state index contributed by atoms with van der Waals surface area (Å²) in [5.74, 6) is 2.30. The highest BCUT2D eigenvalue weighted by atomic mass is 15.1. The first-order valence-electron chi connectivity index (χ1n) is 4.70. The second kappa shape index (κ2) is 2.55. The van der Waals surface area contributed by atoms with Crippen LogP contribution in [0.4, 0.5) is 0 Å². The van der Waals surface area contributed by atoms with E-state index in [0.717, 1.165) is 0 Å². The highest BCUT2D eigenvalue weighted by Crippen LogP contribution is 2.37. The standard InChI is InChI=1S/C10H20BN/c1-9(2,3)11-7-8-12(11)10(4,5)6/h7-8H,1-6H3. The van der Waals surface area contributed by atoms with Crippen LogP contribution in [0.1, 0.15) is 41.5 Å². The fourth-order valence-electron chi connectivity index (χ4n) is 1.60. The van der Waals surface area contributed by atoms with Gasteiger partial charge in [0, 0.05) is 5.54 Å². The summed E-state index contributed by atoms with van der Waals surface area (Å²) in [5.41, 5.74) is 0.271. The van der Waals surface area contributed by atoms with Gasteiger partial charge in [0.2, 0.25) is 0 Å². The van der Waals surface area contributed by atoms with Crippen LogP contribution in [0.15, 0.2) is 12.2 Å². The predicted molar refractivity (Wildman–Crippen MR) is 56.2 cm³/mol. The lowest BCUT2D eigenvalue weighted by molar-refractivity contribution is 0.302. The molecule has 2 heteroatoms. The molecule has 0 fully saturated rings. The summed E-state index contributed by atoms with van der Waals surface area (Å²) in [5, 5.41) is 0.363. The molecule has 0 N–H and O–H groups in total. The topological polar surface area (TPSA) is 3.24 Å². The van der Waals surface area contributed by atoms with Gasteiger partial charge in [0.15, 0.2) is 0 Å². The van der Waals surface area contributed by atoms with E-state index in [1.54, 1.807) is 0 Å². The van der Waals surface area contributed by atoms with Crippen molar-refractivity contribution < 1.29 is 0 Å². The lowest BCUT2D eigenvalue weighted by Gasteiger charge is -2.49. The van der Waals surface area contributed by atoms with E-state index in [2.05, 4.69) is 58.5 Å². The fourth-order valence-corrected chi connectivity index (χ4v) is 1.60. The van der Waals surface area contributed by atoms with Crippen LogP contribution in [0.2, 0.25) is 5.31 Å². The van der Waals surface area contributed by atoms with Crippen molar-refractivity contribution in [2.24, 2.45) is 0 Å². The SMILES string of the molecule is CC(C)(C)B1C=CN1C(C)(C)C. The first-order valence-corrected chi connectivity index (χ1v) is 4.70. The van der Waals surface area contributed by atoms with Gasteiger partial charge in [-0.3, -0.25) is 0 Å². The molecule has 0 aromatic heterocycles. The quantitative estimate of drug-likeness (QED) is 0.499. The zero-order valence-electron chi connectivity index (χ0n) is 9.18. The number of rotatable bonds is 0. The molecular formula is C10H20BN. The van der Waals surface area contributed by atoms with Crippen molar-refractivity contribution in [3.63, 3.8) is 0 Å². The average molecular weight is 165 g/mol. The highest BCUT2D eigenvalue weighted by Gasteiger charge is 2.41. The van der Waals surface area contributed by atoms with E-state index in [0.29, 0.717) is 12.2 Å². The molecule has 1 aliphatic heterocycles. The zero-order chi connectivity index (χ0) is 9.57. The molecule has 0 spiro atoms. The molecule has 0 atom stereocenters. The minimum atomic E-state index is 0.271. The van der Waals surface area contributed by atoms with Crippen molar-refractivity contribution in [3.05, 3.63) is 12.2 Å². The first kappa shape index (κ1) is 9.69. The van der Waals surface area contributed by atoms with Crippen molar-refractivity contribution in [3.8, 4) is 0 Å². The minimum absolute atomic E-state index is 0.271. The third-order valence-corrected chi connectivity index (χ3v) is 2.39. The van der Waals surface area contributed by atoms with Crippen LogP contribution in [0, 0.1) is 0 Å². The maximum atomic E-state index is 2.44. The number of nitrogens with zero attached hydrogens (tertiary/aromatic N) is 1. The Morgan fingerprint density at radius 3 is 1.58 bits per heavy atom. The summed E-state index contributed by atoms with van der Waals surface area (Å²) in [6.45, 7) is 14.3. The second-order valence-corrected chi connectivity index (χ2v) is 5.73. The summed E-state index contributed by atoms with van der Waals surface area (Å²) in [6.07, 6.45) is 2.20. The van der Waals surface area contributed by atoms with Crippen LogP contribution in [0.25, 0.3) is 0 Å². The lowest BCUT2D eigenvalue weighted by atomic mass is 9.38. The van der Waals surface area contributed by atoms with E-state index in [1.807, 2.05) is 0 Å². The monoisotopic (exact) mass is 165 g/mol. The van der Waals surface area contributed by atoms with Gasteiger partial charge in [-0.05, 0) is 32.3 Å². The zero-order valence-corrected chi connectivity index (χ0v) is 9.18. The van der Waals surface area contributed by atoms with E-state index in [-0.39, 0.29) is 5.54 Å². The molecule has 1 rings (SSSR count). The smallest absolute Gasteiger partial charge is 0.288 e. The van der Waals surface area contributed by atoms with Gasteiger partial charge in [-0.15, -0.1) is 0 Å². The molecule has 0 saturated carbocycles. The van der Waals surface area contributed by atoms with Gasteiger partial charge in [-0.2, -0.15) is 0 Å². The molecule has 1 heterocycles. The van der Waals surface area contributed by atoms with Crippen LogP contribution in [0.5, 0.6) is 0 Å². The van der Waals surface area contributed by atoms with Gasteiger partial charge >= 0.3 is 0 Å². The van der Waals surface area contributed by atoms with Gasteiger partial charge < -0.3 is 4.81 Å². The van der Waals surface area contributed by atoms with Crippen LogP contribution < -0.4 is 0 Å². The molecule has 0 bridgehead atoms. The summed E-state index contributed by atoms with van der Waals surface area (Å²) < 4.78 is 0. The third-order valence-electron chi connectivity index (χ3n) is 2.39. The van der Waals surface area contributed by atoms with Crippen LogP contribution in [0.3, 0.4) is 0 Å². The molecule has 0 unspecified atom stereocenters. The Morgan fingerprint density at radius 2 is 1.50 bits per heavy atom. The van der Waals surface area contributed by atoms with Gasteiger partial charge in [-0.1, -0.05) is 26.7 Å². The molecule has 0 aromatic carbocycles. The fraction of sp³-hybridized carbons (Fsp3) is 0.800. The molecule has 0 aromatic rings. The summed E-state index contributed by atoms with van der Waals surface area (Å²) >= 11 is 0. The number of hydrogen-bond donors (Lipinski definition) is 0. The van der Waals surface area contributed by atoms with E-state index in [4.69, 9.17) is 0 Å².